The van der Waals surface area contributed by atoms with Crippen molar-refractivity contribution in [3.05, 3.63) is 50.8 Å². The first-order valence-electron chi connectivity index (χ1n) is 5.97. The SMILES string of the molecule is Cc1nn(C)c(C(=O)Nc2c(F)c(F)cc(F)c2F)c1[N+](=O)[O-]. The van der Waals surface area contributed by atoms with Crippen LogP contribution in [0.2, 0.25) is 0 Å². The molecular formula is C12H8F4N4O3. The summed E-state index contributed by atoms with van der Waals surface area (Å²) in [6.45, 7) is 1.25. The molecule has 2 rings (SSSR count). The van der Waals surface area contributed by atoms with Crippen LogP contribution < -0.4 is 5.32 Å². The fourth-order valence-corrected chi connectivity index (χ4v) is 1.98. The molecule has 0 aliphatic rings. The van der Waals surface area contributed by atoms with E-state index in [9.17, 15) is 32.5 Å². The molecule has 0 aliphatic carbocycles. The summed E-state index contributed by atoms with van der Waals surface area (Å²) in [6.07, 6.45) is 0. The lowest BCUT2D eigenvalue weighted by Gasteiger charge is -2.08. The highest BCUT2D eigenvalue weighted by Crippen LogP contribution is 2.27. The van der Waals surface area contributed by atoms with Gasteiger partial charge in [-0.3, -0.25) is 19.6 Å². The fraction of sp³-hybridized carbons (Fsp3) is 0.167. The van der Waals surface area contributed by atoms with E-state index in [4.69, 9.17) is 0 Å². The van der Waals surface area contributed by atoms with Crippen LogP contribution in [0.5, 0.6) is 0 Å². The molecule has 0 bridgehead atoms. The quantitative estimate of drug-likeness (QED) is 0.404. The van der Waals surface area contributed by atoms with Crippen molar-refractivity contribution >= 4 is 17.3 Å². The molecular weight excluding hydrogens is 324 g/mol. The Balaban J connectivity index is 2.52. The zero-order chi connectivity index (χ0) is 17.5. The van der Waals surface area contributed by atoms with Gasteiger partial charge in [-0.1, -0.05) is 0 Å². The van der Waals surface area contributed by atoms with Crippen molar-refractivity contribution in [3.63, 3.8) is 0 Å². The van der Waals surface area contributed by atoms with E-state index in [1.165, 1.54) is 14.0 Å². The Morgan fingerprint density at radius 3 is 2.26 bits per heavy atom. The highest BCUT2D eigenvalue weighted by molar-refractivity contribution is 6.06. The summed E-state index contributed by atoms with van der Waals surface area (Å²) in [6, 6.07) is -0.0308. The van der Waals surface area contributed by atoms with Crippen LogP contribution in [0, 0.1) is 40.3 Å². The van der Waals surface area contributed by atoms with Crippen molar-refractivity contribution in [3.8, 4) is 0 Å². The summed E-state index contributed by atoms with van der Waals surface area (Å²) < 4.78 is 54.1. The number of carbonyl (C=O) groups is 1. The molecule has 2 aromatic rings. The van der Waals surface area contributed by atoms with Gasteiger partial charge >= 0.3 is 5.69 Å². The lowest BCUT2D eigenvalue weighted by molar-refractivity contribution is -0.385. The summed E-state index contributed by atoms with van der Waals surface area (Å²) in [7, 11) is 1.19. The van der Waals surface area contributed by atoms with Gasteiger partial charge in [0.15, 0.2) is 23.3 Å². The van der Waals surface area contributed by atoms with Crippen LogP contribution in [0.25, 0.3) is 0 Å². The molecule has 0 unspecified atom stereocenters. The van der Waals surface area contributed by atoms with E-state index >= 15 is 0 Å². The Morgan fingerprint density at radius 1 is 1.26 bits per heavy atom. The summed E-state index contributed by atoms with van der Waals surface area (Å²) in [5.41, 5.74) is -2.83. The van der Waals surface area contributed by atoms with Crippen LogP contribution in [0.4, 0.5) is 28.9 Å². The van der Waals surface area contributed by atoms with Crippen molar-refractivity contribution in [2.24, 2.45) is 7.05 Å². The summed E-state index contributed by atoms with van der Waals surface area (Å²) >= 11 is 0. The standard InChI is InChI=1S/C12H8F4N4O3/c1-4-10(20(22)23)11(19(2)18-4)12(21)17-9-7(15)5(13)3-6(14)8(9)16/h3H,1-2H3,(H,17,21). The molecule has 0 fully saturated rings. The third-order valence-electron chi connectivity index (χ3n) is 2.94. The van der Waals surface area contributed by atoms with Gasteiger partial charge in [-0.05, 0) is 6.92 Å². The second-order valence-electron chi connectivity index (χ2n) is 4.46. The first kappa shape index (κ1) is 16.4. The Labute approximate surface area is 125 Å². The predicted octanol–water partition coefficient (Wildman–Crippen LogP) is 2.45. The molecule has 0 saturated carbocycles. The van der Waals surface area contributed by atoms with Gasteiger partial charge in [0, 0.05) is 13.1 Å². The Bertz CT molecular complexity index is 808. The minimum atomic E-state index is -1.83. The summed E-state index contributed by atoms with van der Waals surface area (Å²) in [5, 5.41) is 16.2. The van der Waals surface area contributed by atoms with E-state index in [0.717, 1.165) is 4.68 Å². The van der Waals surface area contributed by atoms with Gasteiger partial charge in [-0.15, -0.1) is 0 Å². The first-order chi connectivity index (χ1) is 10.6. The number of aryl methyl sites for hydroxylation is 2. The lowest BCUT2D eigenvalue weighted by Crippen LogP contribution is -2.20. The van der Waals surface area contributed by atoms with Crippen LogP contribution in [0.15, 0.2) is 6.07 Å². The molecule has 1 aromatic carbocycles. The maximum atomic E-state index is 13.5. The third kappa shape index (κ3) is 2.72. The maximum absolute atomic E-state index is 13.5. The molecule has 23 heavy (non-hydrogen) atoms. The molecule has 122 valence electrons. The van der Waals surface area contributed by atoms with Gasteiger partial charge in [0.2, 0.25) is 5.69 Å². The molecule has 1 heterocycles. The number of nitro groups is 1. The molecule has 1 aromatic heterocycles. The zero-order valence-corrected chi connectivity index (χ0v) is 11.7. The van der Waals surface area contributed by atoms with Crippen LogP contribution in [-0.4, -0.2) is 20.6 Å². The minimum absolute atomic E-state index is 0.0308. The number of benzene rings is 1. The summed E-state index contributed by atoms with van der Waals surface area (Å²) in [4.78, 5) is 22.1. The van der Waals surface area contributed by atoms with Gasteiger partial charge in [-0.25, -0.2) is 17.6 Å². The van der Waals surface area contributed by atoms with Gasteiger partial charge < -0.3 is 5.32 Å². The van der Waals surface area contributed by atoms with Gasteiger partial charge in [0.05, 0.1) is 4.92 Å². The average molecular weight is 332 g/mol. The second kappa shape index (κ2) is 5.66. The zero-order valence-electron chi connectivity index (χ0n) is 11.7. The number of rotatable bonds is 3. The number of anilines is 1. The monoisotopic (exact) mass is 332 g/mol. The number of hydrogen-bond acceptors (Lipinski definition) is 4. The van der Waals surface area contributed by atoms with Crippen LogP contribution in [0.3, 0.4) is 0 Å². The van der Waals surface area contributed by atoms with E-state index in [1.54, 1.807) is 5.32 Å². The van der Waals surface area contributed by atoms with Crippen LogP contribution >= 0.6 is 0 Å². The molecule has 0 spiro atoms. The molecule has 11 heteroatoms. The average Bonchev–Trinajstić information content (AvgIpc) is 2.76. The predicted molar refractivity (Wildman–Crippen MR) is 68.8 cm³/mol. The smallest absolute Gasteiger partial charge is 0.315 e. The number of hydrogen-bond donors (Lipinski definition) is 1. The molecule has 1 N–H and O–H groups in total. The van der Waals surface area contributed by atoms with E-state index in [0.29, 0.717) is 0 Å². The van der Waals surface area contributed by atoms with Crippen molar-refractivity contribution in [2.75, 3.05) is 5.32 Å². The highest BCUT2D eigenvalue weighted by Gasteiger charge is 2.31. The van der Waals surface area contributed by atoms with Crippen molar-refractivity contribution < 1.29 is 27.3 Å². The molecule has 7 nitrogen and oxygen atoms in total. The molecule has 1 amide bonds. The van der Waals surface area contributed by atoms with Crippen molar-refractivity contribution in [1.29, 1.82) is 0 Å². The Kier molecular flexibility index (Phi) is 4.04. The Hall–Kier alpha value is -2.98. The largest absolute Gasteiger partial charge is 0.322 e. The minimum Gasteiger partial charge on any atom is -0.315 e. The van der Waals surface area contributed by atoms with Crippen LogP contribution in [-0.2, 0) is 7.05 Å². The topological polar surface area (TPSA) is 90.1 Å². The van der Waals surface area contributed by atoms with Crippen molar-refractivity contribution in [1.82, 2.24) is 9.78 Å². The number of amides is 1. The summed E-state index contributed by atoms with van der Waals surface area (Å²) in [5.74, 6) is -8.47. The lowest BCUT2D eigenvalue weighted by atomic mass is 10.2. The Morgan fingerprint density at radius 2 is 1.78 bits per heavy atom. The molecule has 0 saturated heterocycles. The number of nitrogens with one attached hydrogen (secondary N) is 1. The normalized spacial score (nSPS) is 10.7. The van der Waals surface area contributed by atoms with Crippen LogP contribution in [0.1, 0.15) is 16.2 Å². The van der Waals surface area contributed by atoms with Crippen molar-refractivity contribution in [2.45, 2.75) is 6.92 Å². The number of carbonyl (C=O) groups excluding carboxylic acids is 1. The van der Waals surface area contributed by atoms with E-state index in [1.807, 2.05) is 0 Å². The number of halogens is 4. The molecule has 0 radical (unpaired) electrons. The highest BCUT2D eigenvalue weighted by atomic mass is 19.2. The number of aromatic nitrogens is 2. The van der Waals surface area contributed by atoms with Gasteiger partial charge in [0.1, 0.15) is 11.4 Å². The van der Waals surface area contributed by atoms with E-state index in [-0.39, 0.29) is 11.8 Å². The fourth-order valence-electron chi connectivity index (χ4n) is 1.98. The first-order valence-corrected chi connectivity index (χ1v) is 5.97. The number of nitrogens with zero attached hydrogens (tertiary/aromatic N) is 3. The second-order valence-corrected chi connectivity index (χ2v) is 4.46. The van der Waals surface area contributed by atoms with E-state index < -0.39 is 51.2 Å². The maximum Gasteiger partial charge on any atom is 0.322 e. The molecule has 0 atom stereocenters. The third-order valence-corrected chi connectivity index (χ3v) is 2.94. The van der Waals surface area contributed by atoms with Gasteiger partial charge in [0.25, 0.3) is 5.91 Å². The molecule has 0 aliphatic heterocycles. The van der Waals surface area contributed by atoms with Gasteiger partial charge in [-0.2, -0.15) is 5.10 Å². The van der Waals surface area contributed by atoms with E-state index in [2.05, 4.69) is 5.10 Å².